The third kappa shape index (κ3) is 85.0. The van der Waals surface area contributed by atoms with Gasteiger partial charge in [0.25, 0.3) is 0 Å². The maximum atomic E-state index is 8.62. The zero-order valence-electron chi connectivity index (χ0n) is 54.8. The van der Waals surface area contributed by atoms with Crippen LogP contribution in [0, 0.1) is 0 Å². The third-order valence-electron chi connectivity index (χ3n) is 11.8. The van der Waals surface area contributed by atoms with Crippen molar-refractivity contribution in [1.29, 1.82) is 0 Å². The summed E-state index contributed by atoms with van der Waals surface area (Å²) >= 11 is 0. The number of hydrogen-bond donors (Lipinski definition) is 1. The monoisotopic (exact) mass is 1290 g/mol. The summed E-state index contributed by atoms with van der Waals surface area (Å²) < 4.78 is 138. The van der Waals surface area contributed by atoms with Gasteiger partial charge in [0.1, 0.15) is 0 Å². The average molecular weight is 1290 g/mol. The fraction of sp³-hybridized carbons (Fsp3) is 1.00. The number of aliphatic hydroxyl groups excluding tert-OH is 1. The van der Waals surface area contributed by atoms with Crippen LogP contribution >= 0.6 is 0 Å². The maximum absolute atomic E-state index is 8.62. The van der Waals surface area contributed by atoms with E-state index in [4.69, 9.17) is 124 Å². The molecule has 26 nitrogen and oxygen atoms in total. The lowest BCUT2D eigenvalue weighted by Crippen LogP contribution is -2.16. The number of ether oxygens (including phenoxy) is 25. The lowest BCUT2D eigenvalue weighted by atomic mass is 10.1. The molecule has 0 atom stereocenters. The molecule has 530 valence electrons. The summed E-state index contributed by atoms with van der Waals surface area (Å²) in [6, 6.07) is 0. The molecule has 26 heteroatoms. The lowest BCUT2D eigenvalue weighted by molar-refractivity contribution is -0.0321. The summed E-state index contributed by atoms with van der Waals surface area (Å²) in [6.45, 7) is 27.4. The summed E-state index contributed by atoms with van der Waals surface area (Å²) in [5.41, 5.74) is 0. The predicted molar refractivity (Wildman–Crippen MR) is 329 cm³/mol. The lowest BCUT2D eigenvalue weighted by Gasteiger charge is -2.09. The number of hydrogen-bond acceptors (Lipinski definition) is 26. The third-order valence-corrected chi connectivity index (χ3v) is 11.8. The molecule has 1 N–H and O–H groups in total. The standard InChI is InChI=1S/C62H126O26/c1-2-3-4-5-6-7-8-9-10-11-13-64-15-17-66-19-21-68-23-25-70-27-29-72-31-33-74-35-37-76-39-41-78-43-45-80-47-49-82-51-53-84-55-57-86-59-61-88-62-60-87-58-56-85-54-52-83-50-48-81-46-44-79-42-40-77-38-36-75-34-32-73-30-28-71-26-24-69-22-20-67-18-16-65-14-12-63/h63H,2-62H2,1H3. The van der Waals surface area contributed by atoms with E-state index < -0.39 is 0 Å². The Balaban J connectivity index is 3.08. The molecule has 0 aromatic rings. The number of rotatable bonds is 85. The number of aliphatic hydroxyl groups is 1. The van der Waals surface area contributed by atoms with Crippen LogP contribution in [0.3, 0.4) is 0 Å². The Kier molecular flexibility index (Phi) is 84.9. The molecule has 0 bridgehead atoms. The highest BCUT2D eigenvalue weighted by molar-refractivity contribution is 4.49. The molecule has 88 heavy (non-hydrogen) atoms. The van der Waals surface area contributed by atoms with Gasteiger partial charge < -0.3 is 124 Å². The van der Waals surface area contributed by atoms with Crippen molar-refractivity contribution in [3.05, 3.63) is 0 Å². The molecular weight excluding hydrogens is 1160 g/mol. The topological polar surface area (TPSA) is 251 Å². The van der Waals surface area contributed by atoms with Gasteiger partial charge in [-0.15, -0.1) is 0 Å². The molecule has 0 aromatic heterocycles. The average Bonchev–Trinajstić information content (AvgIpc) is 3.54. The second kappa shape index (κ2) is 86.0. The zero-order chi connectivity index (χ0) is 62.8. The van der Waals surface area contributed by atoms with E-state index in [1.54, 1.807) is 0 Å². The molecule has 0 aliphatic carbocycles. The molecule has 0 aliphatic heterocycles. The summed E-state index contributed by atoms with van der Waals surface area (Å²) in [4.78, 5) is 0. The molecule has 0 amide bonds. The zero-order valence-corrected chi connectivity index (χ0v) is 54.8. The van der Waals surface area contributed by atoms with Gasteiger partial charge in [0.2, 0.25) is 0 Å². The van der Waals surface area contributed by atoms with Gasteiger partial charge in [-0.2, -0.15) is 0 Å². The van der Waals surface area contributed by atoms with Crippen molar-refractivity contribution in [2.24, 2.45) is 0 Å². The van der Waals surface area contributed by atoms with Crippen LogP contribution in [0.5, 0.6) is 0 Å². The van der Waals surface area contributed by atoms with Gasteiger partial charge in [-0.25, -0.2) is 0 Å². The predicted octanol–water partition coefficient (Wildman–Crippen LogP) is 4.31. The summed E-state index contributed by atoms with van der Waals surface area (Å²) in [5, 5.41) is 8.62. The first-order valence-corrected chi connectivity index (χ1v) is 33.0. The van der Waals surface area contributed by atoms with Crippen molar-refractivity contribution in [1.82, 2.24) is 0 Å². The summed E-state index contributed by atoms with van der Waals surface area (Å²) in [7, 11) is 0. The van der Waals surface area contributed by atoms with Gasteiger partial charge in [0.05, 0.1) is 330 Å². The van der Waals surface area contributed by atoms with Crippen molar-refractivity contribution in [3.8, 4) is 0 Å². The van der Waals surface area contributed by atoms with E-state index in [0.29, 0.717) is 324 Å². The van der Waals surface area contributed by atoms with Crippen molar-refractivity contribution >= 4 is 0 Å². The molecule has 0 rings (SSSR count). The Morgan fingerprint density at radius 2 is 0.227 bits per heavy atom. The molecule has 0 aromatic carbocycles. The Labute approximate surface area is 530 Å². The van der Waals surface area contributed by atoms with Crippen molar-refractivity contribution in [3.63, 3.8) is 0 Å². The highest BCUT2D eigenvalue weighted by Crippen LogP contribution is 2.10. The Bertz CT molecular complexity index is 1100. The van der Waals surface area contributed by atoms with Crippen LogP contribution in [0.25, 0.3) is 0 Å². The second-order valence-electron chi connectivity index (χ2n) is 19.2. The highest BCUT2D eigenvalue weighted by atomic mass is 16.6. The van der Waals surface area contributed by atoms with Crippen LogP contribution in [0.1, 0.15) is 71.1 Å². The van der Waals surface area contributed by atoms with Crippen LogP contribution in [0.15, 0.2) is 0 Å². The van der Waals surface area contributed by atoms with E-state index in [0.717, 1.165) is 13.0 Å². The van der Waals surface area contributed by atoms with Crippen LogP contribution in [0.2, 0.25) is 0 Å². The van der Waals surface area contributed by atoms with Crippen LogP contribution < -0.4 is 0 Å². The quantitative estimate of drug-likeness (QED) is 0.0833. The molecule has 0 heterocycles. The first-order valence-electron chi connectivity index (χ1n) is 33.0. The summed E-state index contributed by atoms with van der Waals surface area (Å²) in [6.07, 6.45) is 13.3. The maximum Gasteiger partial charge on any atom is 0.0701 e. The van der Waals surface area contributed by atoms with E-state index in [1.807, 2.05) is 0 Å². The van der Waals surface area contributed by atoms with Crippen molar-refractivity contribution < 1.29 is 124 Å². The largest absolute Gasteiger partial charge is 0.394 e. The smallest absolute Gasteiger partial charge is 0.0701 e. The van der Waals surface area contributed by atoms with Gasteiger partial charge in [0.15, 0.2) is 0 Å². The molecule has 0 spiro atoms. The normalized spacial score (nSPS) is 11.8. The molecule has 0 aliphatic rings. The fourth-order valence-corrected chi connectivity index (χ4v) is 7.14. The van der Waals surface area contributed by atoms with Gasteiger partial charge in [-0.3, -0.25) is 0 Å². The molecule has 0 saturated heterocycles. The SMILES string of the molecule is CCCCCCCCCCCCOCCOCCOCCOCCOCCOCCOCCOCCOCCOCCOCCOCCOCCOCCOCCOCCOCCOCCOCCOCCOCCOCCOCCOCCOCCO. The Morgan fingerprint density at radius 1 is 0.125 bits per heavy atom. The minimum absolute atomic E-state index is 0.0181. The van der Waals surface area contributed by atoms with Gasteiger partial charge >= 0.3 is 0 Å². The Hall–Kier alpha value is -1.04. The van der Waals surface area contributed by atoms with E-state index in [9.17, 15) is 0 Å². The van der Waals surface area contributed by atoms with Crippen LogP contribution in [0.4, 0.5) is 0 Å². The first-order chi connectivity index (χ1) is 43.9. The van der Waals surface area contributed by atoms with Gasteiger partial charge in [0, 0.05) is 6.61 Å². The molecule has 0 fully saturated rings. The van der Waals surface area contributed by atoms with Crippen LogP contribution in [-0.2, 0) is 118 Å². The Morgan fingerprint density at radius 3 is 0.352 bits per heavy atom. The van der Waals surface area contributed by atoms with E-state index >= 15 is 0 Å². The van der Waals surface area contributed by atoms with Gasteiger partial charge in [-0.1, -0.05) is 64.7 Å². The van der Waals surface area contributed by atoms with E-state index in [2.05, 4.69) is 6.92 Å². The molecule has 0 radical (unpaired) electrons. The van der Waals surface area contributed by atoms with Crippen molar-refractivity contribution in [2.45, 2.75) is 71.1 Å². The van der Waals surface area contributed by atoms with Crippen LogP contribution in [-0.4, -0.2) is 342 Å². The van der Waals surface area contributed by atoms with Crippen molar-refractivity contribution in [2.75, 3.05) is 337 Å². The fourth-order valence-electron chi connectivity index (χ4n) is 7.14. The van der Waals surface area contributed by atoms with E-state index in [1.165, 1.54) is 57.8 Å². The minimum atomic E-state index is 0.0181. The molecule has 0 unspecified atom stereocenters. The van der Waals surface area contributed by atoms with E-state index in [-0.39, 0.29) is 6.61 Å². The second-order valence-corrected chi connectivity index (χ2v) is 19.2. The molecular formula is C62H126O26. The highest BCUT2D eigenvalue weighted by Gasteiger charge is 2.01. The number of unbranched alkanes of at least 4 members (excludes halogenated alkanes) is 9. The summed E-state index contributed by atoms with van der Waals surface area (Å²) in [5.74, 6) is 0. The first kappa shape index (κ1) is 87.0. The van der Waals surface area contributed by atoms with Gasteiger partial charge in [-0.05, 0) is 6.42 Å². The minimum Gasteiger partial charge on any atom is -0.394 e. The molecule has 0 saturated carbocycles.